The SMILES string of the molecule is COCCCNc1ccn(CCCCc2ccc(CC(=O)Cc3ccccc3)nn2)c(=O)n1. The Hall–Kier alpha value is -3.39. The molecule has 1 aromatic carbocycles. The van der Waals surface area contributed by atoms with Gasteiger partial charge in [0.15, 0.2) is 0 Å². The van der Waals surface area contributed by atoms with Crippen molar-refractivity contribution >= 4 is 11.6 Å². The van der Waals surface area contributed by atoms with Crippen LogP contribution < -0.4 is 11.0 Å². The largest absolute Gasteiger partial charge is 0.385 e. The maximum absolute atomic E-state index is 12.2. The standard InChI is InChI=1S/C25H31N5O3/c1-33-17-7-14-26-24-13-16-30(25(32)27-24)15-6-5-10-21-11-12-22(29-28-21)19-23(31)18-20-8-3-2-4-9-20/h2-4,8-9,11-13,16H,5-7,10,14-15,17-19H2,1H3,(H,26,27,32). The summed E-state index contributed by atoms with van der Waals surface area (Å²) in [5, 5.41) is 11.6. The van der Waals surface area contributed by atoms with Crippen molar-refractivity contribution in [1.29, 1.82) is 0 Å². The van der Waals surface area contributed by atoms with Gasteiger partial charge in [-0.15, -0.1) is 0 Å². The van der Waals surface area contributed by atoms with Gasteiger partial charge < -0.3 is 10.1 Å². The van der Waals surface area contributed by atoms with Crippen molar-refractivity contribution in [3.05, 3.63) is 82.2 Å². The normalized spacial score (nSPS) is 10.8. The molecule has 3 aromatic rings. The molecule has 0 fully saturated rings. The number of carbonyl (C=O) groups excluding carboxylic acids is 1. The van der Waals surface area contributed by atoms with Crippen molar-refractivity contribution in [2.75, 3.05) is 25.6 Å². The molecule has 0 saturated heterocycles. The molecule has 174 valence electrons. The summed E-state index contributed by atoms with van der Waals surface area (Å²) in [7, 11) is 1.66. The van der Waals surface area contributed by atoms with Crippen LogP contribution in [0.3, 0.4) is 0 Å². The highest BCUT2D eigenvalue weighted by Gasteiger charge is 2.07. The number of methoxy groups -OCH3 is 1. The smallest absolute Gasteiger partial charge is 0.349 e. The summed E-state index contributed by atoms with van der Waals surface area (Å²) in [6.07, 6.45) is 5.81. The summed E-state index contributed by atoms with van der Waals surface area (Å²) in [5.41, 5.74) is 2.33. The number of ether oxygens (including phenoxy) is 1. The van der Waals surface area contributed by atoms with E-state index in [4.69, 9.17) is 4.74 Å². The van der Waals surface area contributed by atoms with Crippen LogP contribution in [0, 0.1) is 0 Å². The van der Waals surface area contributed by atoms with Crippen LogP contribution >= 0.6 is 0 Å². The van der Waals surface area contributed by atoms with Gasteiger partial charge in [0.1, 0.15) is 11.6 Å². The summed E-state index contributed by atoms with van der Waals surface area (Å²) in [6, 6.07) is 15.3. The molecule has 0 bridgehead atoms. The number of hydrogen-bond donors (Lipinski definition) is 1. The third-order valence-electron chi connectivity index (χ3n) is 5.18. The van der Waals surface area contributed by atoms with Gasteiger partial charge in [-0.2, -0.15) is 15.2 Å². The Kier molecular flexibility index (Phi) is 9.72. The van der Waals surface area contributed by atoms with E-state index in [1.165, 1.54) is 0 Å². The zero-order chi connectivity index (χ0) is 23.3. The van der Waals surface area contributed by atoms with Gasteiger partial charge in [-0.3, -0.25) is 9.36 Å². The number of nitrogens with one attached hydrogen (secondary N) is 1. The van der Waals surface area contributed by atoms with Crippen molar-refractivity contribution in [3.8, 4) is 0 Å². The molecular weight excluding hydrogens is 418 g/mol. The van der Waals surface area contributed by atoms with Crippen LogP contribution in [0.1, 0.15) is 36.2 Å². The third-order valence-corrected chi connectivity index (χ3v) is 5.18. The highest BCUT2D eigenvalue weighted by molar-refractivity contribution is 5.82. The van der Waals surface area contributed by atoms with Gasteiger partial charge >= 0.3 is 5.69 Å². The molecule has 0 atom stereocenters. The second kappa shape index (κ2) is 13.2. The minimum atomic E-state index is -0.254. The molecule has 2 aromatic heterocycles. The number of hydrogen-bond acceptors (Lipinski definition) is 7. The van der Waals surface area contributed by atoms with E-state index in [0.717, 1.165) is 36.9 Å². The molecule has 0 aliphatic heterocycles. The molecule has 0 radical (unpaired) electrons. The number of ketones is 1. The van der Waals surface area contributed by atoms with Crippen molar-refractivity contribution < 1.29 is 9.53 Å². The van der Waals surface area contributed by atoms with Gasteiger partial charge in [-0.25, -0.2) is 4.79 Å². The van der Waals surface area contributed by atoms with E-state index in [9.17, 15) is 9.59 Å². The summed E-state index contributed by atoms with van der Waals surface area (Å²) >= 11 is 0. The highest BCUT2D eigenvalue weighted by atomic mass is 16.5. The first-order chi connectivity index (χ1) is 16.1. The third kappa shape index (κ3) is 8.57. The van der Waals surface area contributed by atoms with Crippen molar-refractivity contribution in [3.63, 3.8) is 0 Å². The van der Waals surface area contributed by atoms with Crippen LogP contribution in [0.4, 0.5) is 5.82 Å². The number of aryl methyl sites for hydroxylation is 2. The Bertz CT molecular complexity index is 1050. The monoisotopic (exact) mass is 449 g/mol. The lowest BCUT2D eigenvalue weighted by Crippen LogP contribution is -2.23. The summed E-state index contributed by atoms with van der Waals surface area (Å²) < 4.78 is 6.62. The quantitative estimate of drug-likeness (QED) is 0.378. The molecule has 0 spiro atoms. The van der Waals surface area contributed by atoms with Crippen LogP contribution in [0.25, 0.3) is 0 Å². The van der Waals surface area contributed by atoms with Crippen molar-refractivity contribution in [2.45, 2.75) is 45.1 Å². The molecule has 0 aliphatic rings. The van der Waals surface area contributed by atoms with Crippen LogP contribution in [0.15, 0.2) is 59.5 Å². The number of anilines is 1. The van der Waals surface area contributed by atoms with E-state index >= 15 is 0 Å². The molecule has 8 heteroatoms. The van der Waals surface area contributed by atoms with Gasteiger partial charge in [0.05, 0.1) is 17.8 Å². The van der Waals surface area contributed by atoms with E-state index in [0.29, 0.717) is 37.6 Å². The second-order valence-corrected chi connectivity index (χ2v) is 7.91. The highest BCUT2D eigenvalue weighted by Crippen LogP contribution is 2.07. The topological polar surface area (TPSA) is 99.0 Å². The zero-order valence-corrected chi connectivity index (χ0v) is 19.1. The predicted molar refractivity (Wildman–Crippen MR) is 127 cm³/mol. The van der Waals surface area contributed by atoms with E-state index < -0.39 is 0 Å². The molecule has 1 N–H and O–H groups in total. The van der Waals surface area contributed by atoms with Gasteiger partial charge in [0.25, 0.3) is 0 Å². The Morgan fingerprint density at radius 3 is 2.48 bits per heavy atom. The van der Waals surface area contributed by atoms with Gasteiger partial charge in [-0.1, -0.05) is 30.3 Å². The van der Waals surface area contributed by atoms with Gasteiger partial charge in [0, 0.05) is 39.4 Å². The minimum absolute atomic E-state index is 0.124. The minimum Gasteiger partial charge on any atom is -0.385 e. The van der Waals surface area contributed by atoms with Crippen molar-refractivity contribution in [1.82, 2.24) is 19.7 Å². The fourth-order valence-electron chi connectivity index (χ4n) is 3.42. The number of aromatic nitrogens is 4. The Labute approximate surface area is 194 Å². The zero-order valence-electron chi connectivity index (χ0n) is 19.1. The Balaban J connectivity index is 1.37. The fourth-order valence-corrected chi connectivity index (χ4v) is 3.42. The number of unbranched alkanes of at least 4 members (excludes halogenated alkanes) is 1. The van der Waals surface area contributed by atoms with Crippen molar-refractivity contribution in [2.24, 2.45) is 0 Å². The molecule has 0 aliphatic carbocycles. The molecule has 33 heavy (non-hydrogen) atoms. The lowest BCUT2D eigenvalue weighted by atomic mass is 10.1. The summed E-state index contributed by atoms with van der Waals surface area (Å²) in [6.45, 7) is 1.99. The average Bonchev–Trinajstić information content (AvgIpc) is 2.82. The van der Waals surface area contributed by atoms with Crippen LogP contribution in [0.2, 0.25) is 0 Å². The van der Waals surface area contributed by atoms with Gasteiger partial charge in [0.2, 0.25) is 0 Å². The van der Waals surface area contributed by atoms with Crippen LogP contribution in [-0.4, -0.2) is 45.8 Å². The van der Waals surface area contributed by atoms with Gasteiger partial charge in [-0.05, 0) is 49.4 Å². The molecule has 2 heterocycles. The predicted octanol–water partition coefficient (Wildman–Crippen LogP) is 2.86. The van der Waals surface area contributed by atoms with E-state index in [1.807, 2.05) is 48.5 Å². The average molecular weight is 450 g/mol. The maximum atomic E-state index is 12.2. The maximum Gasteiger partial charge on any atom is 0.349 e. The first-order valence-corrected chi connectivity index (χ1v) is 11.3. The van der Waals surface area contributed by atoms with E-state index in [1.54, 1.807) is 17.9 Å². The number of rotatable bonds is 14. The number of Topliss-reactive ketones (excluding diaryl/α,β-unsaturated/α-hetero) is 1. The number of benzene rings is 1. The fraction of sp³-hybridized carbons (Fsp3) is 0.400. The number of carbonyl (C=O) groups is 1. The Morgan fingerprint density at radius 2 is 1.76 bits per heavy atom. The molecule has 8 nitrogen and oxygen atoms in total. The molecular formula is C25H31N5O3. The Morgan fingerprint density at radius 1 is 0.970 bits per heavy atom. The number of nitrogens with zero attached hydrogens (tertiary/aromatic N) is 4. The lowest BCUT2D eigenvalue weighted by molar-refractivity contribution is -0.117. The second-order valence-electron chi connectivity index (χ2n) is 7.91. The first kappa shape index (κ1) is 24.3. The molecule has 3 rings (SSSR count). The molecule has 0 unspecified atom stereocenters. The summed E-state index contributed by atoms with van der Waals surface area (Å²) in [4.78, 5) is 28.5. The summed E-state index contributed by atoms with van der Waals surface area (Å²) in [5.74, 6) is 0.712. The first-order valence-electron chi connectivity index (χ1n) is 11.3. The molecule has 0 saturated carbocycles. The van der Waals surface area contributed by atoms with E-state index in [-0.39, 0.29) is 17.9 Å². The lowest BCUT2D eigenvalue weighted by Gasteiger charge is -2.08. The molecule has 0 amide bonds. The van der Waals surface area contributed by atoms with Crippen LogP contribution in [-0.2, 0) is 35.3 Å². The van der Waals surface area contributed by atoms with Crippen LogP contribution in [0.5, 0.6) is 0 Å². The van der Waals surface area contributed by atoms with E-state index in [2.05, 4.69) is 20.5 Å².